The van der Waals surface area contributed by atoms with Crippen LogP contribution in [0.15, 0.2) is 24.3 Å². The van der Waals surface area contributed by atoms with E-state index in [0.717, 1.165) is 16.1 Å². The summed E-state index contributed by atoms with van der Waals surface area (Å²) < 4.78 is 0. The van der Waals surface area contributed by atoms with Crippen molar-refractivity contribution in [2.24, 2.45) is 0 Å². The van der Waals surface area contributed by atoms with Crippen LogP contribution in [0.4, 0.5) is 9.93 Å². The van der Waals surface area contributed by atoms with Crippen LogP contribution in [0.1, 0.15) is 21.7 Å². The first-order chi connectivity index (χ1) is 9.06. The Morgan fingerprint density at radius 1 is 1.26 bits per heavy atom. The molecular formula is C14H17N3OS. The summed E-state index contributed by atoms with van der Waals surface area (Å²) in [5.41, 5.74) is 3.24. The molecule has 0 aliphatic carbocycles. The smallest absolute Gasteiger partial charge is 0.321 e. The zero-order chi connectivity index (χ0) is 13.8. The van der Waals surface area contributed by atoms with E-state index in [-0.39, 0.29) is 6.03 Å². The lowest BCUT2D eigenvalue weighted by Gasteiger charge is -2.07. The van der Waals surface area contributed by atoms with Crippen LogP contribution in [-0.2, 0) is 6.54 Å². The van der Waals surface area contributed by atoms with E-state index in [2.05, 4.69) is 15.6 Å². The Balaban J connectivity index is 1.90. The Morgan fingerprint density at radius 2 is 2.00 bits per heavy atom. The summed E-state index contributed by atoms with van der Waals surface area (Å²) in [4.78, 5) is 17.2. The molecule has 0 unspecified atom stereocenters. The van der Waals surface area contributed by atoms with Gasteiger partial charge in [0.15, 0.2) is 5.13 Å². The molecule has 1 heterocycles. The summed E-state index contributed by atoms with van der Waals surface area (Å²) in [6.45, 7) is 6.47. The first-order valence-electron chi connectivity index (χ1n) is 6.09. The topological polar surface area (TPSA) is 54.0 Å². The number of carbonyl (C=O) groups is 1. The number of aromatic nitrogens is 1. The molecule has 19 heavy (non-hydrogen) atoms. The maximum Gasteiger partial charge on any atom is 0.321 e. The molecule has 0 spiro atoms. The first kappa shape index (κ1) is 13.5. The van der Waals surface area contributed by atoms with E-state index in [1.807, 2.05) is 45.0 Å². The van der Waals surface area contributed by atoms with E-state index in [1.165, 1.54) is 16.9 Å². The molecule has 1 aromatic heterocycles. The Labute approximate surface area is 116 Å². The van der Waals surface area contributed by atoms with Crippen LogP contribution in [-0.4, -0.2) is 11.0 Å². The SMILES string of the molecule is Cc1ccccc1CNC(=O)Nc1nc(C)c(C)s1. The van der Waals surface area contributed by atoms with Gasteiger partial charge in [0.05, 0.1) is 5.69 Å². The normalized spacial score (nSPS) is 10.3. The van der Waals surface area contributed by atoms with Crippen molar-refractivity contribution in [2.45, 2.75) is 27.3 Å². The van der Waals surface area contributed by atoms with E-state index in [1.54, 1.807) is 0 Å². The number of benzene rings is 1. The van der Waals surface area contributed by atoms with Gasteiger partial charge in [0.2, 0.25) is 0 Å². The monoisotopic (exact) mass is 275 g/mol. The Hall–Kier alpha value is -1.88. The fourth-order valence-electron chi connectivity index (χ4n) is 1.65. The van der Waals surface area contributed by atoms with Crippen LogP contribution in [0.25, 0.3) is 0 Å². The highest BCUT2D eigenvalue weighted by Gasteiger charge is 2.07. The van der Waals surface area contributed by atoms with Gasteiger partial charge < -0.3 is 5.32 Å². The van der Waals surface area contributed by atoms with Gasteiger partial charge in [-0.3, -0.25) is 5.32 Å². The third-order valence-electron chi connectivity index (χ3n) is 2.95. The van der Waals surface area contributed by atoms with Crippen molar-refractivity contribution >= 4 is 22.5 Å². The maximum absolute atomic E-state index is 11.8. The minimum Gasteiger partial charge on any atom is -0.334 e. The van der Waals surface area contributed by atoms with Gasteiger partial charge in [0.25, 0.3) is 0 Å². The number of nitrogens with zero attached hydrogens (tertiary/aromatic N) is 1. The van der Waals surface area contributed by atoms with Crippen LogP contribution in [0.3, 0.4) is 0 Å². The molecule has 0 saturated heterocycles. The standard InChI is InChI=1S/C14H17N3OS/c1-9-6-4-5-7-12(9)8-15-13(18)17-14-16-10(2)11(3)19-14/h4-7H,8H2,1-3H3,(H2,15,16,17,18). The van der Waals surface area contributed by atoms with Gasteiger partial charge in [0, 0.05) is 11.4 Å². The second-order valence-electron chi connectivity index (χ2n) is 4.39. The lowest BCUT2D eigenvalue weighted by atomic mass is 10.1. The van der Waals surface area contributed by atoms with Gasteiger partial charge in [-0.1, -0.05) is 24.3 Å². The number of hydrogen-bond acceptors (Lipinski definition) is 3. The fourth-order valence-corrected chi connectivity index (χ4v) is 2.46. The second-order valence-corrected chi connectivity index (χ2v) is 5.60. The highest BCUT2D eigenvalue weighted by Crippen LogP contribution is 2.20. The minimum atomic E-state index is -0.225. The molecular weight excluding hydrogens is 258 g/mol. The molecule has 4 nitrogen and oxygen atoms in total. The van der Waals surface area contributed by atoms with Crippen molar-refractivity contribution in [2.75, 3.05) is 5.32 Å². The van der Waals surface area contributed by atoms with Gasteiger partial charge in [-0.05, 0) is 31.9 Å². The molecule has 1 aromatic carbocycles. The summed E-state index contributed by atoms with van der Waals surface area (Å²) in [6.07, 6.45) is 0. The number of anilines is 1. The van der Waals surface area contributed by atoms with Crippen molar-refractivity contribution in [1.29, 1.82) is 0 Å². The molecule has 2 N–H and O–H groups in total. The zero-order valence-electron chi connectivity index (χ0n) is 11.3. The minimum absolute atomic E-state index is 0.225. The number of nitrogens with one attached hydrogen (secondary N) is 2. The molecule has 0 aliphatic rings. The molecule has 0 bridgehead atoms. The first-order valence-corrected chi connectivity index (χ1v) is 6.91. The van der Waals surface area contributed by atoms with Crippen LogP contribution >= 0.6 is 11.3 Å². The molecule has 0 saturated carbocycles. The van der Waals surface area contributed by atoms with E-state index >= 15 is 0 Å². The third-order valence-corrected chi connectivity index (χ3v) is 3.94. The molecule has 0 aliphatic heterocycles. The Bertz CT molecular complexity index is 573. The molecule has 0 fully saturated rings. The molecule has 100 valence electrons. The van der Waals surface area contributed by atoms with E-state index in [4.69, 9.17) is 0 Å². The van der Waals surface area contributed by atoms with Crippen molar-refractivity contribution in [3.05, 3.63) is 46.0 Å². The van der Waals surface area contributed by atoms with Crippen molar-refractivity contribution in [3.63, 3.8) is 0 Å². The molecule has 5 heteroatoms. The van der Waals surface area contributed by atoms with Gasteiger partial charge >= 0.3 is 6.03 Å². The second kappa shape index (κ2) is 5.84. The number of thiazole rings is 1. The molecule has 0 atom stereocenters. The number of aryl methyl sites for hydroxylation is 3. The van der Waals surface area contributed by atoms with Crippen molar-refractivity contribution in [3.8, 4) is 0 Å². The number of urea groups is 1. The zero-order valence-corrected chi connectivity index (χ0v) is 12.1. The molecule has 0 radical (unpaired) electrons. The predicted octanol–water partition coefficient (Wildman–Crippen LogP) is 3.39. The lowest BCUT2D eigenvalue weighted by Crippen LogP contribution is -2.28. The highest BCUT2D eigenvalue weighted by molar-refractivity contribution is 7.15. The van der Waals surface area contributed by atoms with Crippen LogP contribution in [0.2, 0.25) is 0 Å². The number of amides is 2. The van der Waals surface area contributed by atoms with Gasteiger partial charge in [-0.2, -0.15) is 0 Å². The average Bonchev–Trinajstić information content (AvgIpc) is 2.67. The maximum atomic E-state index is 11.8. The van der Waals surface area contributed by atoms with Crippen molar-refractivity contribution < 1.29 is 4.79 Å². The van der Waals surface area contributed by atoms with Crippen molar-refractivity contribution in [1.82, 2.24) is 10.3 Å². The number of carbonyl (C=O) groups excluding carboxylic acids is 1. The van der Waals surface area contributed by atoms with Crippen LogP contribution < -0.4 is 10.6 Å². The quantitative estimate of drug-likeness (QED) is 0.902. The van der Waals surface area contributed by atoms with Gasteiger partial charge in [-0.25, -0.2) is 9.78 Å². The fraction of sp³-hybridized carbons (Fsp3) is 0.286. The highest BCUT2D eigenvalue weighted by atomic mass is 32.1. The molecule has 2 amide bonds. The van der Waals surface area contributed by atoms with Crippen LogP contribution in [0.5, 0.6) is 0 Å². The summed E-state index contributed by atoms with van der Waals surface area (Å²) in [7, 11) is 0. The Kier molecular flexibility index (Phi) is 4.16. The van der Waals surface area contributed by atoms with E-state index < -0.39 is 0 Å². The Morgan fingerprint density at radius 3 is 2.63 bits per heavy atom. The number of rotatable bonds is 3. The summed E-state index contributed by atoms with van der Waals surface area (Å²) >= 11 is 1.48. The van der Waals surface area contributed by atoms with E-state index in [9.17, 15) is 4.79 Å². The van der Waals surface area contributed by atoms with E-state index in [0.29, 0.717) is 11.7 Å². The lowest BCUT2D eigenvalue weighted by molar-refractivity contribution is 0.251. The molecule has 2 rings (SSSR count). The summed E-state index contributed by atoms with van der Waals surface area (Å²) in [5.74, 6) is 0. The third kappa shape index (κ3) is 3.54. The predicted molar refractivity (Wildman–Crippen MR) is 78.6 cm³/mol. The summed E-state index contributed by atoms with van der Waals surface area (Å²) in [5, 5.41) is 6.22. The molecule has 2 aromatic rings. The summed E-state index contributed by atoms with van der Waals surface area (Å²) in [6, 6.07) is 7.77. The van der Waals surface area contributed by atoms with Crippen LogP contribution in [0, 0.1) is 20.8 Å². The average molecular weight is 275 g/mol. The van der Waals surface area contributed by atoms with Gasteiger partial charge in [-0.15, -0.1) is 11.3 Å². The largest absolute Gasteiger partial charge is 0.334 e. The van der Waals surface area contributed by atoms with Gasteiger partial charge in [0.1, 0.15) is 0 Å². The number of hydrogen-bond donors (Lipinski definition) is 2.